The smallest absolute Gasteiger partial charge is 0.410 e. The fraction of sp³-hybridized carbons (Fsp3) is 0.889. The summed E-state index contributed by atoms with van der Waals surface area (Å²) in [5.41, 5.74) is 0. The number of aliphatic hydroxyl groups excluding tert-OH is 1. The van der Waals surface area contributed by atoms with Crippen LogP contribution in [-0.2, 0) is 4.74 Å². The highest BCUT2D eigenvalue weighted by Gasteiger charge is 2.30. The summed E-state index contributed by atoms with van der Waals surface area (Å²) in [6.45, 7) is 5.35. The molecule has 0 bridgehead atoms. The van der Waals surface area contributed by atoms with Crippen LogP contribution in [0.3, 0.4) is 0 Å². The van der Waals surface area contributed by atoms with Crippen LogP contribution >= 0.6 is 0 Å². The number of aliphatic hydroxyl groups is 1. The topological polar surface area (TPSA) is 49.8 Å². The minimum atomic E-state index is -0.243. The molecule has 1 aliphatic heterocycles. The summed E-state index contributed by atoms with van der Waals surface area (Å²) in [6.07, 6.45) is 0.388. The van der Waals surface area contributed by atoms with E-state index >= 15 is 0 Å². The summed E-state index contributed by atoms with van der Waals surface area (Å²) in [4.78, 5) is 12.9. The Balaban J connectivity index is 2.57. The first-order valence-electron chi connectivity index (χ1n) is 4.71. The van der Waals surface area contributed by atoms with Crippen molar-refractivity contribution in [3.63, 3.8) is 0 Å². The van der Waals surface area contributed by atoms with Crippen LogP contribution in [0.4, 0.5) is 4.79 Å². The summed E-state index contributed by atoms with van der Waals surface area (Å²) in [5.74, 6) is 0.359. The van der Waals surface area contributed by atoms with Crippen LogP contribution in [0.25, 0.3) is 0 Å². The summed E-state index contributed by atoms with van der Waals surface area (Å²) in [6, 6.07) is 0.111. The van der Waals surface area contributed by atoms with Crippen LogP contribution in [0.5, 0.6) is 0 Å². The van der Waals surface area contributed by atoms with Crippen LogP contribution in [-0.4, -0.2) is 41.9 Å². The Labute approximate surface area is 78.5 Å². The minimum Gasteiger partial charge on any atom is -0.448 e. The zero-order valence-electron chi connectivity index (χ0n) is 8.19. The molecular formula is C9H17NO3. The second-order valence-electron chi connectivity index (χ2n) is 3.63. The molecule has 1 aliphatic rings. The monoisotopic (exact) mass is 187 g/mol. The lowest BCUT2D eigenvalue weighted by Gasteiger charge is -2.28. The molecule has 1 amide bonds. The van der Waals surface area contributed by atoms with Gasteiger partial charge in [-0.3, -0.25) is 0 Å². The number of ether oxygens (including phenoxy) is 1. The highest BCUT2D eigenvalue weighted by molar-refractivity contribution is 5.69. The molecule has 1 fully saturated rings. The summed E-state index contributed by atoms with van der Waals surface area (Å²) >= 11 is 0. The minimum absolute atomic E-state index is 0.111. The molecule has 0 saturated carbocycles. The number of hydrogen-bond donors (Lipinski definition) is 1. The third-order valence-electron chi connectivity index (χ3n) is 2.39. The number of carbonyl (C=O) groups is 1. The molecule has 1 saturated heterocycles. The average molecular weight is 187 g/mol. The van der Waals surface area contributed by atoms with Crippen LogP contribution in [0, 0.1) is 5.92 Å². The number of amides is 1. The van der Waals surface area contributed by atoms with Gasteiger partial charge >= 0.3 is 6.09 Å². The van der Waals surface area contributed by atoms with E-state index in [0.717, 1.165) is 0 Å². The third-order valence-corrected chi connectivity index (χ3v) is 2.39. The SMILES string of the molecule is CC(C)C(CCO)N1CCOC1=O. The van der Waals surface area contributed by atoms with E-state index < -0.39 is 0 Å². The Morgan fingerprint density at radius 3 is 2.69 bits per heavy atom. The molecule has 13 heavy (non-hydrogen) atoms. The molecule has 1 unspecified atom stereocenters. The first-order chi connectivity index (χ1) is 6.16. The maximum Gasteiger partial charge on any atom is 0.410 e. The van der Waals surface area contributed by atoms with Crippen molar-refractivity contribution in [3.8, 4) is 0 Å². The Kier molecular flexibility index (Phi) is 3.54. The van der Waals surface area contributed by atoms with E-state index in [9.17, 15) is 4.79 Å². The number of rotatable bonds is 4. The molecule has 0 aliphatic carbocycles. The van der Waals surface area contributed by atoms with Gasteiger partial charge in [0, 0.05) is 12.6 Å². The molecule has 1 N–H and O–H groups in total. The van der Waals surface area contributed by atoms with E-state index in [1.54, 1.807) is 4.90 Å². The first-order valence-corrected chi connectivity index (χ1v) is 4.71. The van der Waals surface area contributed by atoms with Crippen LogP contribution in [0.1, 0.15) is 20.3 Å². The lowest BCUT2D eigenvalue weighted by molar-refractivity contribution is 0.126. The zero-order valence-corrected chi connectivity index (χ0v) is 8.19. The van der Waals surface area contributed by atoms with Crippen molar-refractivity contribution in [2.75, 3.05) is 19.8 Å². The third kappa shape index (κ3) is 2.34. The predicted octanol–water partition coefficient (Wildman–Crippen LogP) is 0.846. The highest BCUT2D eigenvalue weighted by atomic mass is 16.6. The van der Waals surface area contributed by atoms with Gasteiger partial charge in [-0.15, -0.1) is 0 Å². The van der Waals surface area contributed by atoms with E-state index in [4.69, 9.17) is 9.84 Å². The van der Waals surface area contributed by atoms with Gasteiger partial charge in [-0.2, -0.15) is 0 Å². The largest absolute Gasteiger partial charge is 0.448 e. The van der Waals surface area contributed by atoms with Crippen molar-refractivity contribution in [1.82, 2.24) is 4.90 Å². The lowest BCUT2D eigenvalue weighted by Crippen LogP contribution is -2.40. The average Bonchev–Trinajstić information content (AvgIpc) is 2.47. The normalized spacial score (nSPS) is 19.4. The number of carbonyl (C=O) groups excluding carboxylic acids is 1. The van der Waals surface area contributed by atoms with Gasteiger partial charge in [0.25, 0.3) is 0 Å². The predicted molar refractivity (Wildman–Crippen MR) is 48.4 cm³/mol. The summed E-state index contributed by atoms with van der Waals surface area (Å²) in [5, 5.41) is 8.85. The Morgan fingerprint density at radius 2 is 2.31 bits per heavy atom. The number of nitrogens with zero attached hydrogens (tertiary/aromatic N) is 1. The van der Waals surface area contributed by atoms with E-state index in [1.807, 2.05) is 13.8 Å². The van der Waals surface area contributed by atoms with Gasteiger partial charge in [0.05, 0.1) is 6.54 Å². The molecule has 1 atom stereocenters. The quantitative estimate of drug-likeness (QED) is 0.709. The van der Waals surface area contributed by atoms with E-state index in [0.29, 0.717) is 25.5 Å². The molecule has 76 valence electrons. The van der Waals surface area contributed by atoms with Crippen LogP contribution in [0.2, 0.25) is 0 Å². The molecule has 0 radical (unpaired) electrons. The van der Waals surface area contributed by atoms with Crippen LogP contribution < -0.4 is 0 Å². The van der Waals surface area contributed by atoms with E-state index in [-0.39, 0.29) is 18.7 Å². The van der Waals surface area contributed by atoms with Gasteiger partial charge in [-0.05, 0) is 12.3 Å². The molecule has 4 heteroatoms. The molecule has 4 nitrogen and oxygen atoms in total. The number of cyclic esters (lactones) is 1. The summed E-state index contributed by atoms with van der Waals surface area (Å²) < 4.78 is 4.85. The molecule has 0 aromatic heterocycles. The van der Waals surface area contributed by atoms with E-state index in [1.165, 1.54) is 0 Å². The van der Waals surface area contributed by atoms with Crippen molar-refractivity contribution in [2.45, 2.75) is 26.3 Å². The van der Waals surface area contributed by atoms with Crippen molar-refractivity contribution in [2.24, 2.45) is 5.92 Å². The highest BCUT2D eigenvalue weighted by Crippen LogP contribution is 2.18. The zero-order chi connectivity index (χ0) is 9.84. The molecule has 0 aromatic rings. The molecule has 1 heterocycles. The second kappa shape index (κ2) is 4.46. The van der Waals surface area contributed by atoms with Gasteiger partial charge in [0.2, 0.25) is 0 Å². The Bertz CT molecular complexity index is 182. The lowest BCUT2D eigenvalue weighted by atomic mass is 10.00. The van der Waals surface area contributed by atoms with Gasteiger partial charge in [0.15, 0.2) is 0 Å². The van der Waals surface area contributed by atoms with Crippen molar-refractivity contribution in [3.05, 3.63) is 0 Å². The number of hydrogen-bond acceptors (Lipinski definition) is 3. The molecule has 0 aromatic carbocycles. The van der Waals surface area contributed by atoms with Crippen molar-refractivity contribution < 1.29 is 14.6 Å². The fourth-order valence-corrected chi connectivity index (χ4v) is 1.69. The maximum atomic E-state index is 11.2. The van der Waals surface area contributed by atoms with Crippen molar-refractivity contribution >= 4 is 6.09 Å². The van der Waals surface area contributed by atoms with Crippen molar-refractivity contribution in [1.29, 1.82) is 0 Å². The van der Waals surface area contributed by atoms with Gasteiger partial charge in [-0.1, -0.05) is 13.8 Å². The molecular weight excluding hydrogens is 170 g/mol. The summed E-state index contributed by atoms with van der Waals surface area (Å²) in [7, 11) is 0. The fourth-order valence-electron chi connectivity index (χ4n) is 1.69. The Morgan fingerprint density at radius 1 is 1.62 bits per heavy atom. The molecule has 1 rings (SSSR count). The maximum absolute atomic E-state index is 11.2. The molecule has 0 spiro atoms. The van der Waals surface area contributed by atoms with Gasteiger partial charge in [0.1, 0.15) is 6.61 Å². The van der Waals surface area contributed by atoms with Gasteiger partial charge < -0.3 is 14.7 Å². The standard InChI is InChI=1S/C9H17NO3/c1-7(2)8(3-5-11)10-4-6-13-9(10)12/h7-8,11H,3-6H2,1-2H3. The van der Waals surface area contributed by atoms with E-state index in [2.05, 4.69) is 0 Å². The Hall–Kier alpha value is -0.770. The van der Waals surface area contributed by atoms with Gasteiger partial charge in [-0.25, -0.2) is 4.79 Å². The second-order valence-corrected chi connectivity index (χ2v) is 3.63. The first kappa shape index (κ1) is 10.3. The van der Waals surface area contributed by atoms with Crippen LogP contribution in [0.15, 0.2) is 0 Å².